The third kappa shape index (κ3) is 14.0. The molecular formula is C12H28N2O4S. The highest BCUT2D eigenvalue weighted by Crippen LogP contribution is 1.98. The van der Waals surface area contributed by atoms with Crippen molar-refractivity contribution in [2.24, 2.45) is 0 Å². The molecular weight excluding hydrogens is 268 g/mol. The fraction of sp³-hybridized carbons (Fsp3) is 1.00. The third-order valence-electron chi connectivity index (χ3n) is 2.97. The molecule has 0 amide bonds. The van der Waals surface area contributed by atoms with E-state index >= 15 is 0 Å². The lowest BCUT2D eigenvalue weighted by atomic mass is 10.2. The summed E-state index contributed by atoms with van der Waals surface area (Å²) in [5, 5.41) is 8.71. The topological polar surface area (TPSA) is 81.1 Å². The van der Waals surface area contributed by atoms with Gasteiger partial charge in [0, 0.05) is 13.2 Å². The summed E-state index contributed by atoms with van der Waals surface area (Å²) in [5.41, 5.74) is 0. The zero-order valence-electron chi connectivity index (χ0n) is 12.1. The maximum atomic E-state index is 10.5. The van der Waals surface area contributed by atoms with Crippen molar-refractivity contribution in [3.8, 4) is 0 Å². The summed E-state index contributed by atoms with van der Waals surface area (Å²) >= 11 is 0. The minimum Gasteiger partial charge on any atom is -0.396 e. The predicted octanol–water partition coefficient (Wildman–Crippen LogP) is 0.291. The van der Waals surface area contributed by atoms with Gasteiger partial charge in [0.2, 0.25) is 0 Å². The largest absolute Gasteiger partial charge is 0.396 e. The Kier molecular flexibility index (Phi) is 10.4. The molecule has 0 aliphatic rings. The molecule has 0 heterocycles. The van der Waals surface area contributed by atoms with Crippen LogP contribution in [0.3, 0.4) is 0 Å². The summed E-state index contributed by atoms with van der Waals surface area (Å²) in [6.07, 6.45) is 3.42. The molecule has 0 atom stereocenters. The van der Waals surface area contributed by atoms with Crippen LogP contribution in [0.15, 0.2) is 0 Å². The van der Waals surface area contributed by atoms with Gasteiger partial charge in [0.15, 0.2) is 0 Å². The highest BCUT2D eigenvalue weighted by Gasteiger charge is 2.05. The lowest BCUT2D eigenvalue weighted by Crippen LogP contribution is -2.25. The Bertz CT molecular complexity index is 309. The Balaban J connectivity index is 3.45. The summed E-state index contributed by atoms with van der Waals surface area (Å²) in [5.74, 6) is -0.165. The summed E-state index contributed by atoms with van der Waals surface area (Å²) < 4.78 is 29.7. The molecule has 0 saturated carbocycles. The van der Waals surface area contributed by atoms with Gasteiger partial charge in [0.05, 0.1) is 5.75 Å². The Morgan fingerprint density at radius 3 is 1.68 bits per heavy atom. The predicted molar refractivity (Wildman–Crippen MR) is 77.0 cm³/mol. The molecule has 0 radical (unpaired) electrons. The molecule has 0 bridgehead atoms. The van der Waals surface area contributed by atoms with Gasteiger partial charge in [0.25, 0.3) is 10.1 Å². The molecule has 7 heteroatoms. The second kappa shape index (κ2) is 10.6. The first-order valence-electron chi connectivity index (χ1n) is 6.78. The van der Waals surface area contributed by atoms with E-state index in [9.17, 15) is 8.42 Å². The van der Waals surface area contributed by atoms with Gasteiger partial charge in [-0.1, -0.05) is 0 Å². The second-order valence-corrected chi connectivity index (χ2v) is 6.60. The van der Waals surface area contributed by atoms with Gasteiger partial charge in [-0.15, -0.1) is 0 Å². The number of hydrogen-bond acceptors (Lipinski definition) is 5. The molecule has 0 aromatic carbocycles. The van der Waals surface area contributed by atoms with Gasteiger partial charge >= 0.3 is 0 Å². The van der Waals surface area contributed by atoms with Crippen LogP contribution >= 0.6 is 0 Å². The lowest BCUT2D eigenvalue weighted by Gasteiger charge is -2.18. The van der Waals surface area contributed by atoms with Crippen molar-refractivity contribution in [1.29, 1.82) is 0 Å². The van der Waals surface area contributed by atoms with Crippen molar-refractivity contribution in [3.05, 3.63) is 0 Å². The number of nitrogens with zero attached hydrogens (tertiary/aromatic N) is 2. The molecule has 0 spiro atoms. The molecule has 0 saturated heterocycles. The maximum Gasteiger partial charge on any atom is 0.264 e. The molecule has 0 fully saturated rings. The van der Waals surface area contributed by atoms with E-state index in [1.807, 2.05) is 14.1 Å². The molecule has 0 rings (SSSR count). The highest BCUT2D eigenvalue weighted by atomic mass is 32.2. The van der Waals surface area contributed by atoms with E-state index in [0.29, 0.717) is 13.0 Å². The first-order chi connectivity index (χ1) is 8.85. The van der Waals surface area contributed by atoms with Crippen molar-refractivity contribution in [1.82, 2.24) is 9.80 Å². The van der Waals surface area contributed by atoms with E-state index < -0.39 is 10.1 Å². The SMILES string of the molecule is CN(CCCO)CCCCN(C)CCCS(=O)(=O)O. The lowest BCUT2D eigenvalue weighted by molar-refractivity contribution is 0.242. The maximum absolute atomic E-state index is 10.5. The van der Waals surface area contributed by atoms with Crippen LogP contribution in [-0.4, -0.2) is 80.5 Å². The van der Waals surface area contributed by atoms with E-state index in [-0.39, 0.29) is 12.4 Å². The van der Waals surface area contributed by atoms with Crippen molar-refractivity contribution in [3.63, 3.8) is 0 Å². The average molecular weight is 296 g/mol. The van der Waals surface area contributed by atoms with Crippen molar-refractivity contribution in [2.75, 3.05) is 52.6 Å². The molecule has 0 aromatic rings. The number of aliphatic hydroxyl groups is 1. The Morgan fingerprint density at radius 1 is 0.842 bits per heavy atom. The Hall–Kier alpha value is -0.210. The third-order valence-corrected chi connectivity index (χ3v) is 3.77. The van der Waals surface area contributed by atoms with E-state index in [1.54, 1.807) is 0 Å². The van der Waals surface area contributed by atoms with Gasteiger partial charge in [-0.2, -0.15) is 8.42 Å². The molecule has 0 aliphatic carbocycles. The Morgan fingerprint density at radius 2 is 1.26 bits per heavy atom. The molecule has 0 unspecified atom stereocenters. The zero-order valence-corrected chi connectivity index (χ0v) is 12.9. The van der Waals surface area contributed by atoms with Gasteiger partial charge in [0.1, 0.15) is 0 Å². The molecule has 0 aliphatic heterocycles. The van der Waals surface area contributed by atoms with Crippen LogP contribution in [-0.2, 0) is 10.1 Å². The zero-order chi connectivity index (χ0) is 14.7. The molecule has 116 valence electrons. The van der Waals surface area contributed by atoms with Gasteiger partial charge in [-0.3, -0.25) is 4.55 Å². The number of hydrogen-bond donors (Lipinski definition) is 2. The van der Waals surface area contributed by atoms with Gasteiger partial charge < -0.3 is 14.9 Å². The first kappa shape index (κ1) is 18.8. The summed E-state index contributed by atoms with van der Waals surface area (Å²) in [6.45, 7) is 3.78. The smallest absolute Gasteiger partial charge is 0.264 e. The number of unbranched alkanes of at least 4 members (excludes halogenated alkanes) is 1. The van der Waals surface area contributed by atoms with Gasteiger partial charge in [-0.25, -0.2) is 0 Å². The quantitative estimate of drug-likeness (QED) is 0.398. The minimum atomic E-state index is -3.82. The summed E-state index contributed by atoms with van der Waals surface area (Å²) in [7, 11) is 0.186. The second-order valence-electron chi connectivity index (χ2n) is 5.03. The summed E-state index contributed by atoms with van der Waals surface area (Å²) in [6, 6.07) is 0. The van der Waals surface area contributed by atoms with Crippen LogP contribution in [0.4, 0.5) is 0 Å². The molecule has 19 heavy (non-hydrogen) atoms. The van der Waals surface area contributed by atoms with Crippen molar-refractivity contribution >= 4 is 10.1 Å². The number of rotatable bonds is 12. The monoisotopic (exact) mass is 296 g/mol. The molecule has 0 aromatic heterocycles. The average Bonchev–Trinajstić information content (AvgIpc) is 2.30. The van der Waals surface area contributed by atoms with Crippen LogP contribution in [0.25, 0.3) is 0 Å². The van der Waals surface area contributed by atoms with Crippen LogP contribution in [0.1, 0.15) is 25.7 Å². The Labute approximate surface area is 117 Å². The molecule has 6 nitrogen and oxygen atoms in total. The molecule has 2 N–H and O–H groups in total. The van der Waals surface area contributed by atoms with Crippen LogP contribution in [0.5, 0.6) is 0 Å². The van der Waals surface area contributed by atoms with Crippen molar-refractivity contribution in [2.45, 2.75) is 25.7 Å². The fourth-order valence-corrected chi connectivity index (χ4v) is 2.34. The van der Waals surface area contributed by atoms with E-state index in [0.717, 1.165) is 38.9 Å². The van der Waals surface area contributed by atoms with Crippen LogP contribution < -0.4 is 0 Å². The van der Waals surface area contributed by atoms with Crippen LogP contribution in [0.2, 0.25) is 0 Å². The fourth-order valence-electron chi connectivity index (χ4n) is 1.84. The van der Waals surface area contributed by atoms with Gasteiger partial charge in [-0.05, 0) is 59.4 Å². The van der Waals surface area contributed by atoms with Crippen LogP contribution in [0, 0.1) is 0 Å². The van der Waals surface area contributed by atoms with E-state index in [2.05, 4.69) is 9.80 Å². The highest BCUT2D eigenvalue weighted by molar-refractivity contribution is 7.85. The van der Waals surface area contributed by atoms with E-state index in [1.165, 1.54) is 0 Å². The van der Waals surface area contributed by atoms with E-state index in [4.69, 9.17) is 9.66 Å². The summed E-state index contributed by atoms with van der Waals surface area (Å²) in [4.78, 5) is 4.29. The number of aliphatic hydroxyl groups excluding tert-OH is 1. The minimum absolute atomic E-state index is 0.165. The first-order valence-corrected chi connectivity index (χ1v) is 8.39. The normalized spacial score (nSPS) is 12.5. The standard InChI is InChI=1S/C12H28N2O4S/c1-13(9-5-11-15)7-3-4-8-14(2)10-6-12-19(16,17)18/h15H,3-12H2,1-2H3,(H,16,17,18). The van der Waals surface area contributed by atoms with Crippen molar-refractivity contribution < 1.29 is 18.1 Å².